The second-order valence-corrected chi connectivity index (χ2v) is 12.6. The second kappa shape index (κ2) is 13.7. The molecule has 9 nitrogen and oxygen atoms in total. The van der Waals surface area contributed by atoms with Crippen molar-refractivity contribution in [3.63, 3.8) is 0 Å². The Morgan fingerprint density at radius 2 is 1.88 bits per heavy atom. The lowest BCUT2D eigenvalue weighted by Gasteiger charge is -2.43. The van der Waals surface area contributed by atoms with Gasteiger partial charge in [0, 0.05) is 56.8 Å². The summed E-state index contributed by atoms with van der Waals surface area (Å²) in [6, 6.07) is 0. The van der Waals surface area contributed by atoms with Crippen LogP contribution >= 0.6 is 36.2 Å². The number of hydroxylamine groups is 1. The number of carbonyl (C=O) groups is 1. The van der Waals surface area contributed by atoms with Gasteiger partial charge in [0.15, 0.2) is 4.75 Å². The van der Waals surface area contributed by atoms with Gasteiger partial charge in [-0.2, -0.15) is 0 Å². The van der Waals surface area contributed by atoms with E-state index in [1.54, 1.807) is 23.9 Å². The Hall–Kier alpha value is -0.530. The highest BCUT2D eigenvalue weighted by molar-refractivity contribution is 7.91. The van der Waals surface area contributed by atoms with E-state index in [0.717, 1.165) is 11.4 Å². The van der Waals surface area contributed by atoms with Gasteiger partial charge in [-0.15, -0.1) is 36.2 Å². The number of piperidine rings is 2. The average molecular weight is 562 g/mol. The summed E-state index contributed by atoms with van der Waals surface area (Å²) in [5.41, 5.74) is 1.64. The minimum absolute atomic E-state index is 0. The third-order valence-electron chi connectivity index (χ3n) is 6.61. The normalized spacial score (nSPS) is 19.9. The van der Waals surface area contributed by atoms with Crippen LogP contribution in [-0.2, 0) is 26.0 Å². The lowest BCUT2D eigenvalue weighted by Crippen LogP contribution is -2.62. The van der Waals surface area contributed by atoms with E-state index in [1.807, 2.05) is 6.20 Å². The topological polar surface area (TPSA) is 112 Å². The number of amides is 1. The molecule has 2 N–H and O–H groups in total. The van der Waals surface area contributed by atoms with Crippen molar-refractivity contribution in [1.82, 2.24) is 19.7 Å². The van der Waals surface area contributed by atoms with Gasteiger partial charge in [0.1, 0.15) is 0 Å². The molecule has 1 amide bonds. The van der Waals surface area contributed by atoms with Crippen LogP contribution in [-0.4, -0.2) is 84.9 Å². The van der Waals surface area contributed by atoms with Crippen molar-refractivity contribution in [3.8, 4) is 0 Å². The molecule has 0 aliphatic carbocycles. The molecular weight excluding hydrogens is 523 g/mol. The Kier molecular flexibility index (Phi) is 12.7. The van der Waals surface area contributed by atoms with Crippen LogP contribution in [0, 0.1) is 5.92 Å². The van der Waals surface area contributed by atoms with Crippen LogP contribution in [0.3, 0.4) is 0 Å². The van der Waals surface area contributed by atoms with Gasteiger partial charge < -0.3 is 9.64 Å². The van der Waals surface area contributed by atoms with E-state index in [2.05, 4.69) is 23.7 Å². The van der Waals surface area contributed by atoms with Crippen molar-refractivity contribution in [3.05, 3.63) is 16.1 Å². The van der Waals surface area contributed by atoms with Crippen LogP contribution in [0.5, 0.6) is 0 Å². The van der Waals surface area contributed by atoms with E-state index < -0.39 is 20.7 Å². The van der Waals surface area contributed by atoms with Crippen molar-refractivity contribution in [2.24, 2.45) is 5.92 Å². The Labute approximate surface area is 219 Å². The summed E-state index contributed by atoms with van der Waals surface area (Å²) < 4.78 is 32.2. The number of rotatable bonds is 9. The summed E-state index contributed by atoms with van der Waals surface area (Å²) in [6.07, 6.45) is 4.62. The molecule has 3 rings (SSSR count). The van der Waals surface area contributed by atoms with Gasteiger partial charge in [0.2, 0.25) is 10.0 Å². The largest absolute Gasteiger partial charge is 0.383 e. The molecule has 3 heterocycles. The van der Waals surface area contributed by atoms with Gasteiger partial charge in [-0.25, -0.2) is 23.2 Å². The van der Waals surface area contributed by atoms with E-state index in [1.165, 1.54) is 9.18 Å². The first-order valence-electron chi connectivity index (χ1n) is 11.3. The molecule has 2 saturated heterocycles. The maximum absolute atomic E-state index is 13.6. The SMILES string of the molecule is COCCN1CCC(C(=O)NO)(S(=O)(=O)N2CCC(c3ncc(CC(C)C)s3)CC2)CC1.Cl.Cl. The maximum Gasteiger partial charge on any atom is 0.266 e. The highest BCUT2D eigenvalue weighted by atomic mass is 35.5. The standard InChI is InChI=1S/C21H36N4O5S2.2ClH/c1-16(2)14-18-15-22-19(31-18)17-4-8-25(9-5-17)32(28,29)21(20(26)23-27)6-10-24(11-7-21)12-13-30-3;;/h15-17,27H,4-14H2,1-3H3,(H,23,26);2*1H. The number of likely N-dealkylation sites (tertiary alicyclic amines) is 1. The summed E-state index contributed by atoms with van der Waals surface area (Å²) >= 11 is 1.73. The van der Waals surface area contributed by atoms with Crippen LogP contribution < -0.4 is 5.48 Å². The lowest BCUT2D eigenvalue weighted by atomic mass is 9.95. The van der Waals surface area contributed by atoms with Crippen molar-refractivity contribution >= 4 is 52.1 Å². The fourth-order valence-electron chi connectivity index (χ4n) is 4.66. The molecular formula is C21H38Cl2N4O5S2. The van der Waals surface area contributed by atoms with Crippen LogP contribution in [0.25, 0.3) is 0 Å². The fraction of sp³-hybridized carbons (Fsp3) is 0.810. The van der Waals surface area contributed by atoms with Crippen LogP contribution in [0.15, 0.2) is 6.20 Å². The minimum Gasteiger partial charge on any atom is -0.383 e. The third kappa shape index (κ3) is 6.82. The average Bonchev–Trinajstić information content (AvgIpc) is 3.25. The zero-order valence-corrected chi connectivity index (χ0v) is 23.3. The molecule has 0 unspecified atom stereocenters. The first kappa shape index (κ1) is 31.5. The number of methoxy groups -OCH3 is 1. The molecule has 13 heteroatoms. The van der Waals surface area contributed by atoms with Crippen molar-refractivity contribution in [1.29, 1.82) is 0 Å². The quantitative estimate of drug-likeness (QED) is 0.352. The predicted molar refractivity (Wildman–Crippen MR) is 138 cm³/mol. The molecule has 2 aliphatic heterocycles. The number of halogens is 2. The Balaban J connectivity index is 0.00000289. The Bertz CT molecular complexity index is 868. The monoisotopic (exact) mass is 560 g/mol. The van der Waals surface area contributed by atoms with Gasteiger partial charge in [-0.05, 0) is 38.0 Å². The van der Waals surface area contributed by atoms with Crippen LogP contribution in [0.1, 0.15) is 55.3 Å². The minimum atomic E-state index is -3.93. The number of nitrogens with one attached hydrogen (secondary N) is 1. The molecule has 1 aromatic rings. The number of nitrogens with zero attached hydrogens (tertiary/aromatic N) is 3. The first-order valence-corrected chi connectivity index (χ1v) is 13.6. The highest BCUT2D eigenvalue weighted by Gasteiger charge is 2.55. The summed E-state index contributed by atoms with van der Waals surface area (Å²) in [5, 5.41) is 10.4. The zero-order valence-electron chi connectivity index (χ0n) is 20.1. The summed E-state index contributed by atoms with van der Waals surface area (Å²) in [5.74, 6) is -0.0137. The number of sulfonamides is 1. The summed E-state index contributed by atoms with van der Waals surface area (Å²) in [7, 11) is -2.31. The number of carbonyl (C=O) groups excluding carboxylic acids is 1. The third-order valence-corrected chi connectivity index (χ3v) is 10.4. The zero-order chi connectivity index (χ0) is 23.4. The van der Waals surface area contributed by atoms with Gasteiger partial charge in [-0.3, -0.25) is 10.0 Å². The van der Waals surface area contributed by atoms with E-state index in [-0.39, 0.29) is 43.6 Å². The number of ether oxygens (including phenoxy) is 1. The van der Waals surface area contributed by atoms with E-state index in [0.29, 0.717) is 58.1 Å². The van der Waals surface area contributed by atoms with Gasteiger partial charge >= 0.3 is 0 Å². The van der Waals surface area contributed by atoms with Crippen molar-refractivity contribution < 1.29 is 23.2 Å². The fourth-order valence-corrected chi connectivity index (χ4v) is 8.12. The molecule has 1 aromatic heterocycles. The molecule has 0 spiro atoms. The summed E-state index contributed by atoms with van der Waals surface area (Å²) in [4.78, 5) is 20.6. The smallest absolute Gasteiger partial charge is 0.266 e. The van der Waals surface area contributed by atoms with Gasteiger partial charge in [-0.1, -0.05) is 13.8 Å². The first-order chi connectivity index (χ1) is 15.2. The molecule has 0 bridgehead atoms. The molecule has 0 saturated carbocycles. The van der Waals surface area contributed by atoms with E-state index >= 15 is 0 Å². The molecule has 2 aliphatic rings. The number of aromatic nitrogens is 1. The number of hydrogen-bond donors (Lipinski definition) is 2. The second-order valence-electron chi connectivity index (χ2n) is 9.21. The van der Waals surface area contributed by atoms with Crippen molar-refractivity contribution in [2.75, 3.05) is 46.4 Å². The van der Waals surface area contributed by atoms with E-state index in [4.69, 9.17) is 4.74 Å². The Morgan fingerprint density at radius 3 is 2.41 bits per heavy atom. The molecule has 198 valence electrons. The Morgan fingerprint density at radius 1 is 1.26 bits per heavy atom. The molecule has 34 heavy (non-hydrogen) atoms. The van der Waals surface area contributed by atoms with Crippen LogP contribution in [0.2, 0.25) is 0 Å². The molecule has 2 fully saturated rings. The van der Waals surface area contributed by atoms with Crippen LogP contribution in [0.4, 0.5) is 0 Å². The highest BCUT2D eigenvalue weighted by Crippen LogP contribution is 2.38. The molecule has 0 radical (unpaired) electrons. The van der Waals surface area contributed by atoms with Gasteiger partial charge in [0.25, 0.3) is 5.91 Å². The van der Waals surface area contributed by atoms with Gasteiger partial charge in [0.05, 0.1) is 11.6 Å². The van der Waals surface area contributed by atoms with Crippen molar-refractivity contribution in [2.45, 2.75) is 56.6 Å². The number of thiazole rings is 1. The molecule has 0 atom stereocenters. The predicted octanol–water partition coefficient (Wildman–Crippen LogP) is 2.68. The maximum atomic E-state index is 13.6. The number of hydrogen-bond acceptors (Lipinski definition) is 8. The van der Waals surface area contributed by atoms with E-state index in [9.17, 15) is 18.4 Å². The molecule has 0 aromatic carbocycles. The lowest BCUT2D eigenvalue weighted by molar-refractivity contribution is -0.133. The summed E-state index contributed by atoms with van der Waals surface area (Å²) in [6.45, 7) is 7.25.